The average molecular weight is 434 g/mol. The van der Waals surface area contributed by atoms with E-state index in [1.165, 1.54) is 22.5 Å². The Balaban J connectivity index is 0.00000225. The van der Waals surface area contributed by atoms with Crippen LogP contribution in [0.5, 0.6) is 0 Å². The molecule has 1 amide bonds. The molecule has 0 saturated heterocycles. The summed E-state index contributed by atoms with van der Waals surface area (Å²) in [5.41, 5.74) is 5.27. The van der Waals surface area contributed by atoms with Gasteiger partial charge in [0.25, 0.3) is 5.91 Å². The number of thiazole rings is 1. The Labute approximate surface area is 179 Å². The third-order valence-corrected chi connectivity index (χ3v) is 6.03. The molecule has 28 heavy (non-hydrogen) atoms. The zero-order valence-corrected chi connectivity index (χ0v) is 17.8. The highest BCUT2D eigenvalue weighted by atomic mass is 35.5. The first-order valence-electron chi connectivity index (χ1n) is 8.93. The molecule has 4 nitrogen and oxygen atoms in total. The first-order chi connectivity index (χ1) is 13.1. The fraction of sp³-hybridized carbons (Fsp3) is 0.238. The molecule has 7 heteroatoms. The number of halogens is 2. The Morgan fingerprint density at radius 2 is 2.11 bits per heavy atom. The van der Waals surface area contributed by atoms with Crippen molar-refractivity contribution in [2.45, 2.75) is 26.3 Å². The van der Waals surface area contributed by atoms with Crippen LogP contribution in [0.1, 0.15) is 37.6 Å². The monoisotopic (exact) mass is 433 g/mol. The highest BCUT2D eigenvalue weighted by Gasteiger charge is 2.15. The second-order valence-electron chi connectivity index (χ2n) is 6.70. The molecule has 1 aliphatic heterocycles. The van der Waals surface area contributed by atoms with E-state index in [-0.39, 0.29) is 18.3 Å². The van der Waals surface area contributed by atoms with Crippen LogP contribution in [0.25, 0.3) is 0 Å². The number of aryl methyl sites for hydroxylation is 1. The number of rotatable bonds is 4. The van der Waals surface area contributed by atoms with Crippen molar-refractivity contribution in [3.63, 3.8) is 0 Å². The SMILES string of the molecule is Cc1nc(NC(=O)c2ccc3c(c2)CCNC3)sc1Cc1cccc(Cl)c1.Cl. The lowest BCUT2D eigenvalue weighted by Crippen LogP contribution is -2.24. The van der Waals surface area contributed by atoms with E-state index in [2.05, 4.69) is 15.6 Å². The number of fused-ring (bicyclic) bond motifs is 1. The van der Waals surface area contributed by atoms with Crippen LogP contribution in [0.15, 0.2) is 42.5 Å². The molecule has 4 rings (SSSR count). The molecule has 2 heterocycles. The fourth-order valence-corrected chi connectivity index (χ4v) is 4.47. The Morgan fingerprint density at radius 1 is 1.25 bits per heavy atom. The van der Waals surface area contributed by atoms with Gasteiger partial charge in [-0.3, -0.25) is 10.1 Å². The van der Waals surface area contributed by atoms with E-state index < -0.39 is 0 Å². The lowest BCUT2D eigenvalue weighted by Gasteiger charge is -2.17. The molecular formula is C21H21Cl2N3OS. The van der Waals surface area contributed by atoms with E-state index in [9.17, 15) is 4.79 Å². The number of nitrogens with zero attached hydrogens (tertiary/aromatic N) is 1. The minimum absolute atomic E-state index is 0. The van der Waals surface area contributed by atoms with Gasteiger partial charge in [-0.2, -0.15) is 0 Å². The van der Waals surface area contributed by atoms with Crippen molar-refractivity contribution in [2.75, 3.05) is 11.9 Å². The number of hydrogen-bond acceptors (Lipinski definition) is 4. The normalized spacial score (nSPS) is 12.8. The second-order valence-corrected chi connectivity index (χ2v) is 8.22. The van der Waals surface area contributed by atoms with Crippen LogP contribution < -0.4 is 10.6 Å². The van der Waals surface area contributed by atoms with Crippen molar-refractivity contribution in [2.24, 2.45) is 0 Å². The maximum atomic E-state index is 12.6. The summed E-state index contributed by atoms with van der Waals surface area (Å²) in [6, 6.07) is 13.7. The molecular weight excluding hydrogens is 413 g/mol. The minimum atomic E-state index is -0.112. The number of carbonyl (C=O) groups excluding carboxylic acids is 1. The van der Waals surface area contributed by atoms with Crippen LogP contribution in [-0.2, 0) is 19.4 Å². The number of anilines is 1. The molecule has 0 radical (unpaired) electrons. The summed E-state index contributed by atoms with van der Waals surface area (Å²) < 4.78 is 0. The summed E-state index contributed by atoms with van der Waals surface area (Å²) >= 11 is 7.59. The summed E-state index contributed by atoms with van der Waals surface area (Å²) in [4.78, 5) is 18.3. The van der Waals surface area contributed by atoms with E-state index in [0.29, 0.717) is 10.7 Å². The highest BCUT2D eigenvalue weighted by Crippen LogP contribution is 2.27. The number of benzene rings is 2. The molecule has 3 aromatic rings. The van der Waals surface area contributed by atoms with Gasteiger partial charge in [0, 0.05) is 28.4 Å². The van der Waals surface area contributed by atoms with Crippen molar-refractivity contribution in [3.05, 3.63) is 80.3 Å². The van der Waals surface area contributed by atoms with Crippen LogP contribution in [0.3, 0.4) is 0 Å². The topological polar surface area (TPSA) is 54.0 Å². The second kappa shape index (κ2) is 9.05. The third-order valence-electron chi connectivity index (χ3n) is 4.72. The summed E-state index contributed by atoms with van der Waals surface area (Å²) in [5, 5.41) is 7.66. The Bertz CT molecular complexity index is 1000. The van der Waals surface area contributed by atoms with Crippen LogP contribution >= 0.6 is 35.3 Å². The third kappa shape index (κ3) is 4.73. The summed E-state index contributed by atoms with van der Waals surface area (Å²) in [7, 11) is 0. The molecule has 0 unspecified atom stereocenters. The number of hydrogen-bond donors (Lipinski definition) is 2. The molecule has 0 aliphatic carbocycles. The number of aromatic nitrogens is 1. The molecule has 1 aromatic heterocycles. The minimum Gasteiger partial charge on any atom is -0.312 e. The van der Waals surface area contributed by atoms with Gasteiger partial charge in [0.05, 0.1) is 5.69 Å². The number of carbonyl (C=O) groups is 1. The van der Waals surface area contributed by atoms with Gasteiger partial charge in [0.2, 0.25) is 0 Å². The van der Waals surface area contributed by atoms with Gasteiger partial charge in [0.1, 0.15) is 0 Å². The van der Waals surface area contributed by atoms with E-state index in [0.717, 1.165) is 47.1 Å². The zero-order valence-electron chi connectivity index (χ0n) is 15.4. The van der Waals surface area contributed by atoms with Crippen molar-refractivity contribution in [3.8, 4) is 0 Å². The molecule has 0 spiro atoms. The predicted octanol–water partition coefficient (Wildman–Crippen LogP) is 5.02. The van der Waals surface area contributed by atoms with E-state index >= 15 is 0 Å². The Kier molecular flexibility index (Phi) is 6.73. The quantitative estimate of drug-likeness (QED) is 0.607. The van der Waals surface area contributed by atoms with E-state index in [1.54, 1.807) is 0 Å². The lowest BCUT2D eigenvalue weighted by molar-refractivity contribution is 0.102. The molecule has 2 N–H and O–H groups in total. The van der Waals surface area contributed by atoms with Crippen LogP contribution in [0, 0.1) is 6.92 Å². The average Bonchev–Trinajstić information content (AvgIpc) is 3.00. The highest BCUT2D eigenvalue weighted by molar-refractivity contribution is 7.15. The molecule has 2 aromatic carbocycles. The first kappa shape index (κ1) is 20.8. The van der Waals surface area contributed by atoms with Gasteiger partial charge in [-0.15, -0.1) is 23.7 Å². The number of amides is 1. The molecule has 1 aliphatic rings. The Morgan fingerprint density at radius 3 is 2.93 bits per heavy atom. The van der Waals surface area contributed by atoms with Gasteiger partial charge >= 0.3 is 0 Å². The van der Waals surface area contributed by atoms with Crippen LogP contribution in [0.2, 0.25) is 5.02 Å². The molecule has 0 atom stereocenters. The van der Waals surface area contributed by atoms with E-state index in [4.69, 9.17) is 11.6 Å². The summed E-state index contributed by atoms with van der Waals surface area (Å²) in [6.45, 7) is 3.80. The molecule has 0 bridgehead atoms. The van der Waals surface area contributed by atoms with Crippen LogP contribution in [0.4, 0.5) is 5.13 Å². The first-order valence-corrected chi connectivity index (χ1v) is 10.1. The van der Waals surface area contributed by atoms with Crippen molar-refractivity contribution in [1.82, 2.24) is 10.3 Å². The van der Waals surface area contributed by atoms with Gasteiger partial charge in [-0.25, -0.2) is 4.98 Å². The zero-order chi connectivity index (χ0) is 18.8. The van der Waals surface area contributed by atoms with Gasteiger partial charge in [-0.1, -0.05) is 29.8 Å². The maximum absolute atomic E-state index is 12.6. The van der Waals surface area contributed by atoms with Gasteiger partial charge in [0.15, 0.2) is 5.13 Å². The molecule has 0 saturated carbocycles. The lowest BCUT2D eigenvalue weighted by atomic mass is 9.98. The Hall–Kier alpha value is -1.92. The largest absolute Gasteiger partial charge is 0.312 e. The smallest absolute Gasteiger partial charge is 0.257 e. The van der Waals surface area contributed by atoms with Crippen molar-refractivity contribution in [1.29, 1.82) is 0 Å². The molecule has 146 valence electrons. The predicted molar refractivity (Wildman–Crippen MR) is 118 cm³/mol. The van der Waals surface area contributed by atoms with Crippen molar-refractivity contribution < 1.29 is 4.79 Å². The summed E-state index contributed by atoms with van der Waals surface area (Å²) in [5.74, 6) is -0.112. The number of nitrogens with one attached hydrogen (secondary N) is 2. The maximum Gasteiger partial charge on any atom is 0.257 e. The van der Waals surface area contributed by atoms with Gasteiger partial charge < -0.3 is 5.32 Å². The van der Waals surface area contributed by atoms with E-state index in [1.807, 2.05) is 49.4 Å². The van der Waals surface area contributed by atoms with Crippen molar-refractivity contribution >= 4 is 46.4 Å². The van der Waals surface area contributed by atoms with Crippen LogP contribution in [-0.4, -0.2) is 17.4 Å². The summed E-state index contributed by atoms with van der Waals surface area (Å²) in [6.07, 6.45) is 1.71. The van der Waals surface area contributed by atoms with Gasteiger partial charge in [-0.05, 0) is 60.8 Å². The molecule has 0 fully saturated rings. The standard InChI is InChI=1S/C21H20ClN3OS.ClH/c1-13-19(10-14-3-2-4-18(22)9-14)27-21(24-13)25-20(26)16-5-6-17-12-23-8-7-15(17)11-16;/h2-6,9,11,23H,7-8,10,12H2,1H3,(H,24,25,26);1H. The fourth-order valence-electron chi connectivity index (χ4n) is 3.27.